The summed E-state index contributed by atoms with van der Waals surface area (Å²) in [5, 5.41) is 5.05. The summed E-state index contributed by atoms with van der Waals surface area (Å²) in [5.74, 6) is 0. The Morgan fingerprint density at radius 2 is 0.667 bits per heavy atom. The average molecular weight is 765 g/mol. The number of benzene rings is 9. The summed E-state index contributed by atoms with van der Waals surface area (Å²) in [6, 6.07) is 76.1. The van der Waals surface area contributed by atoms with Gasteiger partial charge in [0, 0.05) is 67.0 Å². The molecule has 0 N–H and O–H groups in total. The fourth-order valence-electron chi connectivity index (χ4n) is 10.5. The van der Waals surface area contributed by atoms with Crippen molar-refractivity contribution in [3.8, 4) is 11.4 Å². The van der Waals surface area contributed by atoms with Gasteiger partial charge in [-0.3, -0.25) is 0 Å². The molecule has 5 heteroatoms. The molecule has 0 fully saturated rings. The van der Waals surface area contributed by atoms with Gasteiger partial charge in [-0.25, -0.2) is 0 Å². The lowest BCUT2D eigenvalue weighted by Gasteiger charge is -2.44. The van der Waals surface area contributed by atoms with Crippen molar-refractivity contribution in [3.05, 3.63) is 212 Å². The molecule has 11 aromatic rings. The van der Waals surface area contributed by atoms with E-state index < -0.39 is 0 Å². The van der Waals surface area contributed by atoms with Crippen molar-refractivity contribution in [1.29, 1.82) is 0 Å². The van der Waals surface area contributed by atoms with Crippen LogP contribution in [0.25, 0.3) is 55.0 Å². The number of aryl methyl sites for hydroxylation is 1. The highest BCUT2D eigenvalue weighted by Crippen LogP contribution is 2.46. The number of nitrogens with zero attached hydrogens (tertiary/aromatic N) is 4. The van der Waals surface area contributed by atoms with E-state index in [1.807, 2.05) is 0 Å². The number of para-hydroxylation sites is 6. The molecular weight excluding hydrogens is 727 g/mol. The molecule has 2 aromatic heterocycles. The third-order valence-electron chi connectivity index (χ3n) is 12.9. The first-order valence-corrected chi connectivity index (χ1v) is 20.8. The van der Waals surface area contributed by atoms with E-state index in [0.29, 0.717) is 0 Å². The topological polar surface area (TPSA) is 16.3 Å². The van der Waals surface area contributed by atoms with Crippen molar-refractivity contribution in [3.63, 3.8) is 0 Å². The summed E-state index contributed by atoms with van der Waals surface area (Å²) in [6.45, 7) is 2.24. The van der Waals surface area contributed by atoms with Crippen LogP contribution in [0.1, 0.15) is 5.56 Å². The van der Waals surface area contributed by atoms with Gasteiger partial charge in [-0.15, -0.1) is 0 Å². The van der Waals surface area contributed by atoms with Crippen LogP contribution in [0, 0.1) is 6.92 Å². The minimum absolute atomic E-state index is 0.0000689. The maximum absolute atomic E-state index is 2.51. The first-order chi connectivity index (χ1) is 29.7. The predicted molar refractivity (Wildman–Crippen MR) is 254 cm³/mol. The van der Waals surface area contributed by atoms with E-state index in [2.05, 4.69) is 232 Å². The van der Waals surface area contributed by atoms with E-state index in [1.165, 1.54) is 88.3 Å². The molecule has 0 unspecified atom stereocenters. The van der Waals surface area contributed by atoms with Crippen LogP contribution in [0.2, 0.25) is 0 Å². The van der Waals surface area contributed by atoms with E-state index >= 15 is 0 Å². The Kier molecular flexibility index (Phi) is 6.99. The monoisotopic (exact) mass is 764 g/mol. The lowest BCUT2D eigenvalue weighted by molar-refractivity contribution is 1.16. The standard InChI is InChI=1S/C55H37BN4/c1-36-32-53-55-54(33-36)58(38-18-6-3-7-19-38)52-35-40(60-49-26-14-10-22-43(49)44-23-11-15-27-50(44)60)29-31-46(52)56(55)45-30-28-39(34-51(45)57(53)37-16-4-2-5-17-37)59-47-24-12-8-20-41(47)42-21-9-13-25-48(42)59/h2-35H,1H3. The summed E-state index contributed by atoms with van der Waals surface area (Å²) in [5.41, 5.74) is 19.3. The van der Waals surface area contributed by atoms with Crippen molar-refractivity contribution in [2.24, 2.45) is 0 Å². The minimum atomic E-state index is -0.0000689. The van der Waals surface area contributed by atoms with E-state index in [1.54, 1.807) is 0 Å². The summed E-state index contributed by atoms with van der Waals surface area (Å²) >= 11 is 0. The predicted octanol–water partition coefficient (Wildman–Crippen LogP) is 12.3. The van der Waals surface area contributed by atoms with Gasteiger partial charge in [-0.1, -0.05) is 121 Å². The SMILES string of the molecule is Cc1cc2c3c(c1)N(c1ccccc1)c1cc(-n4c5ccccc5c5ccccc54)ccc1B3c1ccc(-n3c4ccccc4c4ccccc43)cc1N2c1ccccc1. The molecule has 0 saturated carbocycles. The van der Waals surface area contributed by atoms with Crippen LogP contribution in [-0.2, 0) is 0 Å². The Hall–Kier alpha value is -7.76. The molecule has 0 aliphatic carbocycles. The molecule has 0 radical (unpaired) electrons. The fraction of sp³-hybridized carbons (Fsp3) is 0.0182. The number of fused-ring (bicyclic) bond motifs is 10. The first kappa shape index (κ1) is 33.2. The molecule has 280 valence electrons. The lowest BCUT2D eigenvalue weighted by Crippen LogP contribution is -2.61. The van der Waals surface area contributed by atoms with Crippen LogP contribution in [0.4, 0.5) is 34.1 Å². The number of anilines is 6. The van der Waals surface area contributed by atoms with Gasteiger partial charge in [0.2, 0.25) is 0 Å². The molecule has 0 atom stereocenters. The number of hydrogen-bond acceptors (Lipinski definition) is 2. The minimum Gasteiger partial charge on any atom is -0.311 e. The summed E-state index contributed by atoms with van der Waals surface area (Å²) in [6.07, 6.45) is 0. The fourth-order valence-corrected chi connectivity index (χ4v) is 10.5. The maximum atomic E-state index is 2.51. The second-order valence-corrected chi connectivity index (χ2v) is 16.2. The summed E-state index contributed by atoms with van der Waals surface area (Å²) in [4.78, 5) is 5.02. The molecule has 2 aliphatic rings. The zero-order valence-electron chi connectivity index (χ0n) is 33.0. The summed E-state index contributed by atoms with van der Waals surface area (Å²) in [7, 11) is 0. The third kappa shape index (κ3) is 4.63. The second kappa shape index (κ2) is 12.6. The van der Waals surface area contributed by atoms with E-state index in [-0.39, 0.29) is 6.71 Å². The molecule has 9 aromatic carbocycles. The maximum Gasteiger partial charge on any atom is 0.252 e. The van der Waals surface area contributed by atoms with Gasteiger partial charge in [0.05, 0.1) is 22.1 Å². The van der Waals surface area contributed by atoms with Gasteiger partial charge in [-0.05, 0) is 114 Å². The summed E-state index contributed by atoms with van der Waals surface area (Å²) < 4.78 is 4.88. The normalized spacial score (nSPS) is 13.0. The third-order valence-corrected chi connectivity index (χ3v) is 12.9. The van der Waals surface area contributed by atoms with Crippen molar-refractivity contribution in [2.75, 3.05) is 9.80 Å². The van der Waals surface area contributed by atoms with Crippen molar-refractivity contribution >= 4 is 101 Å². The zero-order chi connectivity index (χ0) is 39.5. The molecule has 0 amide bonds. The largest absolute Gasteiger partial charge is 0.311 e. The van der Waals surface area contributed by atoms with Gasteiger partial charge in [0.15, 0.2) is 0 Å². The van der Waals surface area contributed by atoms with Crippen LogP contribution >= 0.6 is 0 Å². The highest BCUT2D eigenvalue weighted by Gasteiger charge is 2.43. The van der Waals surface area contributed by atoms with Crippen molar-refractivity contribution in [1.82, 2.24) is 9.13 Å². The quantitative estimate of drug-likeness (QED) is 0.166. The van der Waals surface area contributed by atoms with Crippen LogP contribution < -0.4 is 26.2 Å². The average Bonchev–Trinajstić information content (AvgIpc) is 3.82. The Balaban J connectivity index is 1.11. The van der Waals surface area contributed by atoms with E-state index in [0.717, 1.165) is 22.7 Å². The molecule has 0 saturated heterocycles. The molecule has 4 heterocycles. The van der Waals surface area contributed by atoms with Gasteiger partial charge < -0.3 is 18.9 Å². The Labute approximate surface area is 348 Å². The smallest absolute Gasteiger partial charge is 0.252 e. The van der Waals surface area contributed by atoms with Crippen molar-refractivity contribution < 1.29 is 0 Å². The number of hydrogen-bond donors (Lipinski definition) is 0. The Bertz CT molecular complexity index is 3190. The van der Waals surface area contributed by atoms with E-state index in [4.69, 9.17) is 0 Å². The Morgan fingerprint density at radius 1 is 0.317 bits per heavy atom. The van der Waals surface area contributed by atoms with Gasteiger partial charge in [0.1, 0.15) is 0 Å². The van der Waals surface area contributed by atoms with Crippen LogP contribution in [0.5, 0.6) is 0 Å². The number of rotatable bonds is 4. The molecule has 13 rings (SSSR count). The second-order valence-electron chi connectivity index (χ2n) is 16.2. The zero-order valence-corrected chi connectivity index (χ0v) is 33.0. The van der Waals surface area contributed by atoms with Crippen molar-refractivity contribution in [2.45, 2.75) is 6.92 Å². The van der Waals surface area contributed by atoms with Crippen LogP contribution in [0.15, 0.2) is 206 Å². The van der Waals surface area contributed by atoms with Gasteiger partial charge >= 0.3 is 0 Å². The molecule has 4 nitrogen and oxygen atoms in total. The lowest BCUT2D eigenvalue weighted by atomic mass is 9.33. The highest BCUT2D eigenvalue weighted by atomic mass is 15.2. The van der Waals surface area contributed by atoms with Gasteiger partial charge in [0.25, 0.3) is 6.71 Å². The van der Waals surface area contributed by atoms with Crippen LogP contribution in [-0.4, -0.2) is 15.8 Å². The van der Waals surface area contributed by atoms with Gasteiger partial charge in [-0.2, -0.15) is 0 Å². The Morgan fingerprint density at radius 3 is 1.05 bits per heavy atom. The molecule has 2 aliphatic heterocycles. The molecule has 0 bridgehead atoms. The highest BCUT2D eigenvalue weighted by molar-refractivity contribution is 7.00. The van der Waals surface area contributed by atoms with Crippen LogP contribution in [0.3, 0.4) is 0 Å². The molecule has 0 spiro atoms. The molecular formula is C55H37BN4. The van der Waals surface area contributed by atoms with E-state index in [9.17, 15) is 0 Å². The molecule has 60 heavy (non-hydrogen) atoms. The first-order valence-electron chi connectivity index (χ1n) is 20.8. The number of aromatic nitrogens is 2.